The molecule has 0 unspecified atom stereocenters. The van der Waals surface area contributed by atoms with Gasteiger partial charge in [0.25, 0.3) is 0 Å². The Labute approximate surface area is 106 Å². The number of hydrogen-bond donors (Lipinski definition) is 2. The van der Waals surface area contributed by atoms with Crippen LogP contribution in [0.5, 0.6) is 0 Å². The molecule has 0 saturated carbocycles. The van der Waals surface area contributed by atoms with Gasteiger partial charge in [0, 0.05) is 11.4 Å². The molecule has 0 aliphatic heterocycles. The summed E-state index contributed by atoms with van der Waals surface area (Å²) in [6.45, 7) is 2.02. The molecule has 0 spiro atoms. The Morgan fingerprint density at radius 3 is 2.56 bits per heavy atom. The fraction of sp³-hybridized carbons (Fsp3) is 0.143. The number of amides is 2. The summed E-state index contributed by atoms with van der Waals surface area (Å²) in [5, 5.41) is 5.44. The summed E-state index contributed by atoms with van der Waals surface area (Å²) in [4.78, 5) is 16.0. The molecule has 0 saturated heterocycles. The first-order valence-electron chi connectivity index (χ1n) is 5.87. The van der Waals surface area contributed by atoms with Crippen molar-refractivity contribution in [3.05, 3.63) is 54.2 Å². The van der Waals surface area contributed by atoms with Crippen LogP contribution in [0.25, 0.3) is 0 Å². The fourth-order valence-electron chi connectivity index (χ4n) is 1.55. The first kappa shape index (κ1) is 12.1. The van der Waals surface area contributed by atoms with E-state index in [0.717, 1.165) is 17.8 Å². The lowest BCUT2D eigenvalue weighted by Gasteiger charge is -2.07. The molecule has 2 N–H and O–H groups in total. The van der Waals surface area contributed by atoms with E-state index in [1.54, 1.807) is 6.07 Å². The molecule has 0 aliphatic carbocycles. The highest BCUT2D eigenvalue weighted by Crippen LogP contribution is 2.08. The van der Waals surface area contributed by atoms with Crippen LogP contribution in [0.2, 0.25) is 0 Å². The number of aryl methyl sites for hydroxylation is 1. The van der Waals surface area contributed by atoms with Crippen LogP contribution >= 0.6 is 0 Å². The maximum Gasteiger partial charge on any atom is 0.324 e. The van der Waals surface area contributed by atoms with Crippen LogP contribution in [0.4, 0.5) is 16.3 Å². The summed E-state index contributed by atoms with van der Waals surface area (Å²) < 4.78 is 0. The molecule has 1 aromatic heterocycles. The van der Waals surface area contributed by atoms with Gasteiger partial charge in [-0.2, -0.15) is 0 Å². The van der Waals surface area contributed by atoms with Crippen molar-refractivity contribution in [3.8, 4) is 0 Å². The Bertz CT molecular complexity index is 526. The molecule has 2 rings (SSSR count). The van der Waals surface area contributed by atoms with Crippen LogP contribution < -0.4 is 10.6 Å². The van der Waals surface area contributed by atoms with Gasteiger partial charge in [-0.05, 0) is 30.7 Å². The number of nitrogens with one attached hydrogen (secondary N) is 2. The van der Waals surface area contributed by atoms with E-state index in [1.807, 2.05) is 49.4 Å². The van der Waals surface area contributed by atoms with Gasteiger partial charge in [0.2, 0.25) is 0 Å². The Kier molecular flexibility index (Phi) is 3.91. The highest BCUT2D eigenvalue weighted by molar-refractivity contribution is 5.99. The van der Waals surface area contributed by atoms with Gasteiger partial charge in [-0.1, -0.05) is 31.2 Å². The van der Waals surface area contributed by atoms with Gasteiger partial charge in [-0.15, -0.1) is 0 Å². The number of carbonyl (C=O) groups is 1. The van der Waals surface area contributed by atoms with Crippen LogP contribution in [-0.2, 0) is 6.42 Å². The van der Waals surface area contributed by atoms with Gasteiger partial charge in [0.15, 0.2) is 0 Å². The molecule has 4 nitrogen and oxygen atoms in total. The number of carbonyl (C=O) groups excluding carboxylic acids is 1. The smallest absolute Gasteiger partial charge is 0.308 e. The van der Waals surface area contributed by atoms with E-state index in [2.05, 4.69) is 15.6 Å². The molecule has 0 radical (unpaired) electrons. The molecular formula is C14H15N3O. The average Bonchev–Trinajstić information content (AvgIpc) is 2.40. The molecule has 92 valence electrons. The van der Waals surface area contributed by atoms with Gasteiger partial charge in [0.1, 0.15) is 5.82 Å². The number of para-hydroxylation sites is 1. The summed E-state index contributed by atoms with van der Waals surface area (Å²) in [6, 6.07) is 14.6. The monoisotopic (exact) mass is 241 g/mol. The van der Waals surface area contributed by atoms with Crippen LogP contribution in [0.3, 0.4) is 0 Å². The lowest BCUT2D eigenvalue weighted by molar-refractivity contribution is 0.262. The van der Waals surface area contributed by atoms with Crippen LogP contribution in [0.15, 0.2) is 48.5 Å². The highest BCUT2D eigenvalue weighted by Gasteiger charge is 2.03. The second-order valence-corrected chi connectivity index (χ2v) is 3.81. The van der Waals surface area contributed by atoms with Crippen molar-refractivity contribution in [2.75, 3.05) is 10.6 Å². The van der Waals surface area contributed by atoms with E-state index in [-0.39, 0.29) is 6.03 Å². The minimum absolute atomic E-state index is 0.290. The quantitative estimate of drug-likeness (QED) is 0.866. The van der Waals surface area contributed by atoms with E-state index in [4.69, 9.17) is 0 Å². The topological polar surface area (TPSA) is 54.0 Å². The number of anilines is 2. The zero-order valence-corrected chi connectivity index (χ0v) is 10.2. The average molecular weight is 241 g/mol. The molecule has 1 aromatic carbocycles. The number of hydrogen-bond acceptors (Lipinski definition) is 2. The van der Waals surface area contributed by atoms with E-state index in [0.29, 0.717) is 5.82 Å². The van der Waals surface area contributed by atoms with Crippen molar-refractivity contribution in [3.63, 3.8) is 0 Å². The van der Waals surface area contributed by atoms with Crippen LogP contribution in [-0.4, -0.2) is 11.0 Å². The standard InChI is InChI=1S/C14H15N3O/c1-2-11-9-6-10-13(15-11)17-14(18)16-12-7-4-3-5-8-12/h3-10H,2H2,1H3,(H2,15,16,17,18). The van der Waals surface area contributed by atoms with Gasteiger partial charge in [0.05, 0.1) is 0 Å². The Hall–Kier alpha value is -2.36. The summed E-state index contributed by atoms with van der Waals surface area (Å²) in [5.41, 5.74) is 1.70. The van der Waals surface area contributed by atoms with Crippen molar-refractivity contribution in [1.29, 1.82) is 0 Å². The zero-order chi connectivity index (χ0) is 12.8. The first-order valence-corrected chi connectivity index (χ1v) is 5.87. The number of urea groups is 1. The van der Waals surface area contributed by atoms with Gasteiger partial charge < -0.3 is 5.32 Å². The second kappa shape index (κ2) is 5.82. The van der Waals surface area contributed by atoms with Crippen molar-refractivity contribution >= 4 is 17.5 Å². The molecule has 0 fully saturated rings. The van der Waals surface area contributed by atoms with Gasteiger partial charge in [-0.3, -0.25) is 5.32 Å². The molecule has 0 aliphatic rings. The SMILES string of the molecule is CCc1cccc(NC(=O)Nc2ccccc2)n1. The number of benzene rings is 1. The van der Waals surface area contributed by atoms with Crippen molar-refractivity contribution in [2.24, 2.45) is 0 Å². The Morgan fingerprint density at radius 2 is 1.83 bits per heavy atom. The summed E-state index contributed by atoms with van der Waals surface area (Å²) in [7, 11) is 0. The van der Waals surface area contributed by atoms with Crippen LogP contribution in [0.1, 0.15) is 12.6 Å². The van der Waals surface area contributed by atoms with Crippen molar-refractivity contribution < 1.29 is 4.79 Å². The number of rotatable bonds is 3. The van der Waals surface area contributed by atoms with E-state index in [1.165, 1.54) is 0 Å². The van der Waals surface area contributed by atoms with E-state index in [9.17, 15) is 4.79 Å². The minimum Gasteiger partial charge on any atom is -0.308 e. The van der Waals surface area contributed by atoms with E-state index >= 15 is 0 Å². The molecule has 4 heteroatoms. The predicted octanol–water partition coefficient (Wildman–Crippen LogP) is 3.29. The van der Waals surface area contributed by atoms with E-state index < -0.39 is 0 Å². The third kappa shape index (κ3) is 3.31. The number of aromatic nitrogens is 1. The Morgan fingerprint density at radius 1 is 1.06 bits per heavy atom. The zero-order valence-electron chi connectivity index (χ0n) is 10.2. The molecule has 18 heavy (non-hydrogen) atoms. The van der Waals surface area contributed by atoms with Crippen molar-refractivity contribution in [1.82, 2.24) is 4.98 Å². The normalized spacial score (nSPS) is 9.83. The molecular weight excluding hydrogens is 226 g/mol. The lowest BCUT2D eigenvalue weighted by atomic mass is 10.3. The first-order chi connectivity index (χ1) is 8.78. The second-order valence-electron chi connectivity index (χ2n) is 3.81. The maximum absolute atomic E-state index is 11.7. The number of pyridine rings is 1. The molecule has 2 amide bonds. The van der Waals surface area contributed by atoms with Crippen LogP contribution in [0, 0.1) is 0 Å². The molecule has 0 atom stereocenters. The molecule has 0 bridgehead atoms. The third-order valence-corrected chi connectivity index (χ3v) is 2.44. The number of nitrogens with zero attached hydrogens (tertiary/aromatic N) is 1. The Balaban J connectivity index is 1.99. The maximum atomic E-state index is 11.7. The summed E-state index contributed by atoms with van der Waals surface area (Å²) in [5.74, 6) is 0.558. The van der Waals surface area contributed by atoms with Gasteiger partial charge >= 0.3 is 6.03 Å². The van der Waals surface area contributed by atoms with Gasteiger partial charge in [-0.25, -0.2) is 9.78 Å². The largest absolute Gasteiger partial charge is 0.324 e. The summed E-state index contributed by atoms with van der Waals surface area (Å²) in [6.07, 6.45) is 0.843. The predicted molar refractivity (Wildman–Crippen MR) is 72.7 cm³/mol. The fourth-order valence-corrected chi connectivity index (χ4v) is 1.55. The summed E-state index contributed by atoms with van der Waals surface area (Å²) >= 11 is 0. The third-order valence-electron chi connectivity index (χ3n) is 2.44. The van der Waals surface area contributed by atoms with Crippen molar-refractivity contribution in [2.45, 2.75) is 13.3 Å². The minimum atomic E-state index is -0.290. The lowest BCUT2D eigenvalue weighted by Crippen LogP contribution is -2.20. The molecule has 1 heterocycles. The highest BCUT2D eigenvalue weighted by atomic mass is 16.2. The molecule has 2 aromatic rings.